The molecule has 0 atom stereocenters. The second kappa shape index (κ2) is 8.85. The molecule has 0 heterocycles. The van der Waals surface area contributed by atoms with Gasteiger partial charge in [0.25, 0.3) is 0 Å². The van der Waals surface area contributed by atoms with Crippen molar-refractivity contribution >= 4 is 10.0 Å². The van der Waals surface area contributed by atoms with Crippen LogP contribution < -0.4 is 4.72 Å². The van der Waals surface area contributed by atoms with Crippen LogP contribution in [0.25, 0.3) is 0 Å². The minimum Gasteiger partial charge on any atom is -0.382 e. The quantitative estimate of drug-likeness (QED) is 0.537. The largest absolute Gasteiger partial charge is 0.382 e. The van der Waals surface area contributed by atoms with Crippen LogP contribution in [0, 0.1) is 0 Å². The lowest BCUT2D eigenvalue weighted by molar-refractivity contribution is 0.0784. The van der Waals surface area contributed by atoms with E-state index in [0.717, 1.165) is 25.7 Å². The lowest BCUT2D eigenvalue weighted by Gasteiger charge is -2.16. The van der Waals surface area contributed by atoms with Crippen molar-refractivity contribution in [2.75, 3.05) is 32.7 Å². The van der Waals surface area contributed by atoms with Gasteiger partial charge in [0.2, 0.25) is 10.0 Å². The Morgan fingerprint density at radius 1 is 1.06 bits per heavy atom. The molecule has 0 unspecified atom stereocenters. The fourth-order valence-corrected chi connectivity index (χ4v) is 3.32. The molecule has 1 N–H and O–H groups in total. The van der Waals surface area contributed by atoms with Crippen LogP contribution in [-0.2, 0) is 19.5 Å². The van der Waals surface area contributed by atoms with Crippen LogP contribution in [0.15, 0.2) is 0 Å². The van der Waals surface area contributed by atoms with Gasteiger partial charge >= 0.3 is 0 Å². The van der Waals surface area contributed by atoms with Gasteiger partial charge in [-0.1, -0.05) is 25.7 Å². The van der Waals surface area contributed by atoms with Crippen LogP contribution in [0.3, 0.4) is 0 Å². The van der Waals surface area contributed by atoms with Gasteiger partial charge in [-0.3, -0.25) is 0 Å². The zero-order chi connectivity index (χ0) is 13.3. The molecule has 6 heteroatoms. The van der Waals surface area contributed by atoms with Crippen molar-refractivity contribution in [2.24, 2.45) is 0 Å². The van der Waals surface area contributed by atoms with E-state index in [-0.39, 0.29) is 18.4 Å². The van der Waals surface area contributed by atoms with Crippen LogP contribution in [0.1, 0.15) is 38.5 Å². The molecule has 1 aliphatic carbocycles. The summed E-state index contributed by atoms with van der Waals surface area (Å²) in [4.78, 5) is 0. The summed E-state index contributed by atoms with van der Waals surface area (Å²) in [5.41, 5.74) is 0. The minimum absolute atomic E-state index is 0.0349. The highest BCUT2D eigenvalue weighted by Gasteiger charge is 2.18. The van der Waals surface area contributed by atoms with Crippen LogP contribution in [-0.4, -0.2) is 47.1 Å². The lowest BCUT2D eigenvalue weighted by Crippen LogP contribution is -2.37. The third-order valence-corrected chi connectivity index (χ3v) is 4.53. The second-order valence-corrected chi connectivity index (χ2v) is 6.60. The van der Waals surface area contributed by atoms with E-state index in [2.05, 4.69) is 4.72 Å². The second-order valence-electron chi connectivity index (χ2n) is 4.73. The van der Waals surface area contributed by atoms with Crippen molar-refractivity contribution in [2.45, 2.75) is 44.6 Å². The normalized spacial score (nSPS) is 18.7. The lowest BCUT2D eigenvalue weighted by atomic mass is 10.1. The van der Waals surface area contributed by atoms with Crippen molar-refractivity contribution in [1.29, 1.82) is 0 Å². The average Bonchev–Trinajstić information content (AvgIpc) is 2.56. The van der Waals surface area contributed by atoms with Crippen molar-refractivity contribution in [3.63, 3.8) is 0 Å². The summed E-state index contributed by atoms with van der Waals surface area (Å²) in [6.45, 7) is 1.16. The molecular formula is C12H25NO4S. The van der Waals surface area contributed by atoms with Gasteiger partial charge in [0, 0.05) is 13.2 Å². The van der Waals surface area contributed by atoms with Crippen molar-refractivity contribution in [1.82, 2.24) is 4.72 Å². The Kier molecular flexibility index (Phi) is 7.81. The molecule has 0 bridgehead atoms. The van der Waals surface area contributed by atoms with Gasteiger partial charge in [-0.2, -0.15) is 0 Å². The van der Waals surface area contributed by atoms with Gasteiger partial charge in [-0.15, -0.1) is 0 Å². The summed E-state index contributed by atoms with van der Waals surface area (Å²) >= 11 is 0. The SMILES string of the molecule is COCCOCCS(=O)(=O)NC1CCCCCC1. The molecule has 0 aromatic heterocycles. The van der Waals surface area contributed by atoms with E-state index >= 15 is 0 Å². The first-order chi connectivity index (χ1) is 8.64. The number of hydrogen-bond donors (Lipinski definition) is 1. The van der Waals surface area contributed by atoms with Crippen molar-refractivity contribution in [3.8, 4) is 0 Å². The summed E-state index contributed by atoms with van der Waals surface area (Å²) in [5.74, 6) is 0.0349. The molecular weight excluding hydrogens is 254 g/mol. The van der Waals surface area contributed by atoms with Crippen LogP contribution in [0.5, 0.6) is 0 Å². The molecule has 5 nitrogen and oxygen atoms in total. The minimum atomic E-state index is -3.20. The monoisotopic (exact) mass is 279 g/mol. The fraction of sp³-hybridized carbons (Fsp3) is 1.00. The highest BCUT2D eigenvalue weighted by molar-refractivity contribution is 7.89. The molecule has 18 heavy (non-hydrogen) atoms. The van der Waals surface area contributed by atoms with Gasteiger partial charge in [0.1, 0.15) is 0 Å². The van der Waals surface area contributed by atoms with E-state index in [9.17, 15) is 8.42 Å². The number of hydrogen-bond acceptors (Lipinski definition) is 4. The van der Waals surface area contributed by atoms with Gasteiger partial charge < -0.3 is 9.47 Å². The Morgan fingerprint density at radius 2 is 1.72 bits per heavy atom. The first kappa shape index (κ1) is 15.9. The van der Waals surface area contributed by atoms with Gasteiger partial charge in [0.05, 0.1) is 25.6 Å². The summed E-state index contributed by atoms with van der Waals surface area (Å²) in [5, 5.41) is 0. The number of sulfonamides is 1. The maximum atomic E-state index is 11.8. The summed E-state index contributed by atoms with van der Waals surface area (Å²) in [6.07, 6.45) is 6.61. The Balaban J connectivity index is 2.21. The zero-order valence-corrected chi connectivity index (χ0v) is 12.0. The van der Waals surface area contributed by atoms with Gasteiger partial charge in [-0.05, 0) is 12.8 Å². The smallest absolute Gasteiger partial charge is 0.214 e. The Labute approximate surface area is 110 Å². The third-order valence-electron chi connectivity index (χ3n) is 3.13. The molecule has 0 aromatic rings. The van der Waals surface area contributed by atoms with E-state index < -0.39 is 10.0 Å². The third kappa shape index (κ3) is 7.31. The first-order valence-electron chi connectivity index (χ1n) is 6.71. The average molecular weight is 279 g/mol. The van der Waals surface area contributed by atoms with Gasteiger partial charge in [-0.25, -0.2) is 13.1 Å². The topological polar surface area (TPSA) is 64.6 Å². The molecule has 1 aliphatic rings. The zero-order valence-electron chi connectivity index (χ0n) is 11.2. The van der Waals surface area contributed by atoms with E-state index in [1.807, 2.05) is 0 Å². The van der Waals surface area contributed by atoms with Crippen molar-refractivity contribution in [3.05, 3.63) is 0 Å². The predicted molar refractivity (Wildman–Crippen MR) is 71.1 cm³/mol. The molecule has 0 aliphatic heterocycles. The summed E-state index contributed by atoms with van der Waals surface area (Å²) in [7, 11) is -1.61. The van der Waals surface area contributed by atoms with E-state index in [0.29, 0.717) is 13.2 Å². The predicted octanol–water partition coefficient (Wildman–Crippen LogP) is 1.29. The maximum absolute atomic E-state index is 11.8. The number of nitrogens with one attached hydrogen (secondary N) is 1. The Hall–Kier alpha value is -0.170. The van der Waals surface area contributed by atoms with E-state index in [4.69, 9.17) is 9.47 Å². The Morgan fingerprint density at radius 3 is 2.33 bits per heavy atom. The number of ether oxygens (including phenoxy) is 2. The molecule has 0 amide bonds. The van der Waals surface area contributed by atoms with Gasteiger partial charge in [0.15, 0.2) is 0 Å². The van der Waals surface area contributed by atoms with Crippen LogP contribution in [0.4, 0.5) is 0 Å². The summed E-state index contributed by atoms with van der Waals surface area (Å²) < 4.78 is 36.4. The molecule has 108 valence electrons. The van der Waals surface area contributed by atoms with E-state index in [1.165, 1.54) is 12.8 Å². The maximum Gasteiger partial charge on any atom is 0.214 e. The fourth-order valence-electron chi connectivity index (χ4n) is 2.12. The van der Waals surface area contributed by atoms with Crippen LogP contribution in [0.2, 0.25) is 0 Å². The molecule has 1 rings (SSSR count). The Bertz CT molecular complexity index is 297. The van der Waals surface area contributed by atoms with Crippen molar-refractivity contribution < 1.29 is 17.9 Å². The van der Waals surface area contributed by atoms with Crippen LogP contribution >= 0.6 is 0 Å². The molecule has 1 saturated carbocycles. The number of methoxy groups -OCH3 is 1. The molecule has 0 saturated heterocycles. The molecule has 0 radical (unpaired) electrons. The number of rotatable bonds is 8. The molecule has 1 fully saturated rings. The molecule has 0 aromatic carbocycles. The molecule has 0 spiro atoms. The highest BCUT2D eigenvalue weighted by atomic mass is 32.2. The first-order valence-corrected chi connectivity index (χ1v) is 8.36. The summed E-state index contributed by atoms with van der Waals surface area (Å²) in [6, 6.07) is 0.122. The van der Waals surface area contributed by atoms with E-state index in [1.54, 1.807) is 7.11 Å². The standard InChI is InChI=1S/C12H25NO4S/c1-16-8-9-17-10-11-18(14,15)13-12-6-4-2-3-5-7-12/h12-13H,2-11H2,1H3. The highest BCUT2D eigenvalue weighted by Crippen LogP contribution is 2.17.